The lowest BCUT2D eigenvalue weighted by atomic mass is 10.1. The first-order valence-electron chi connectivity index (χ1n) is 5.92. The molecule has 2 aromatic rings. The molecular formula is C15H15ClFNO. The molecule has 1 N–H and O–H groups in total. The first-order chi connectivity index (χ1) is 9.10. The van der Waals surface area contributed by atoms with Gasteiger partial charge >= 0.3 is 0 Å². The Morgan fingerprint density at radius 3 is 2.68 bits per heavy atom. The molecule has 0 unspecified atom stereocenters. The average Bonchev–Trinajstić information content (AvgIpc) is 2.38. The zero-order chi connectivity index (χ0) is 13.8. The highest BCUT2D eigenvalue weighted by molar-refractivity contribution is 6.30. The molecule has 0 saturated heterocycles. The Morgan fingerprint density at radius 1 is 1.21 bits per heavy atom. The lowest BCUT2D eigenvalue weighted by molar-refractivity contribution is 0.410. The van der Waals surface area contributed by atoms with Crippen molar-refractivity contribution in [1.29, 1.82) is 0 Å². The van der Waals surface area contributed by atoms with Gasteiger partial charge in [0.2, 0.25) is 0 Å². The van der Waals surface area contributed by atoms with Crippen LogP contribution in [0.5, 0.6) is 5.75 Å². The monoisotopic (exact) mass is 279 g/mol. The van der Waals surface area contributed by atoms with Crippen molar-refractivity contribution in [2.75, 3.05) is 12.4 Å². The predicted molar refractivity (Wildman–Crippen MR) is 76.5 cm³/mol. The smallest absolute Gasteiger partial charge is 0.146 e. The van der Waals surface area contributed by atoms with Crippen molar-refractivity contribution >= 4 is 17.3 Å². The largest absolute Gasteiger partial charge is 0.496 e. The summed E-state index contributed by atoms with van der Waals surface area (Å²) >= 11 is 5.95. The quantitative estimate of drug-likeness (QED) is 0.895. The minimum atomic E-state index is -0.263. The maximum absolute atomic E-state index is 13.7. The van der Waals surface area contributed by atoms with Gasteiger partial charge in [-0.3, -0.25) is 0 Å². The number of rotatable bonds is 4. The van der Waals surface area contributed by atoms with Gasteiger partial charge in [-0.05, 0) is 42.8 Å². The van der Waals surface area contributed by atoms with Crippen LogP contribution in [0.1, 0.15) is 11.1 Å². The molecule has 0 saturated carbocycles. The normalized spacial score (nSPS) is 10.3. The van der Waals surface area contributed by atoms with Crippen LogP contribution in [0.4, 0.5) is 10.1 Å². The Morgan fingerprint density at radius 2 is 2.00 bits per heavy atom. The van der Waals surface area contributed by atoms with Crippen LogP contribution in [0, 0.1) is 12.7 Å². The number of methoxy groups -OCH3 is 1. The molecule has 0 radical (unpaired) electrons. The third-order valence-electron chi connectivity index (χ3n) is 2.84. The number of ether oxygens (including phenoxy) is 1. The third kappa shape index (κ3) is 3.38. The summed E-state index contributed by atoms with van der Waals surface area (Å²) in [6.45, 7) is 2.30. The average molecular weight is 280 g/mol. The lowest BCUT2D eigenvalue weighted by Gasteiger charge is -2.12. The highest BCUT2D eigenvalue weighted by Crippen LogP contribution is 2.24. The third-order valence-corrected chi connectivity index (χ3v) is 3.07. The summed E-state index contributed by atoms with van der Waals surface area (Å²) < 4.78 is 18.9. The van der Waals surface area contributed by atoms with Gasteiger partial charge in [-0.15, -0.1) is 0 Å². The number of benzene rings is 2. The van der Waals surface area contributed by atoms with E-state index in [1.165, 1.54) is 6.07 Å². The Labute approximate surface area is 117 Å². The number of hydrogen-bond donors (Lipinski definition) is 1. The second-order valence-corrected chi connectivity index (χ2v) is 4.73. The molecule has 19 heavy (non-hydrogen) atoms. The molecule has 100 valence electrons. The molecule has 0 aliphatic heterocycles. The first-order valence-corrected chi connectivity index (χ1v) is 6.30. The van der Waals surface area contributed by atoms with E-state index in [-0.39, 0.29) is 5.82 Å². The zero-order valence-electron chi connectivity index (χ0n) is 10.8. The summed E-state index contributed by atoms with van der Waals surface area (Å²) in [5.74, 6) is 0.463. The second-order valence-electron chi connectivity index (χ2n) is 4.29. The van der Waals surface area contributed by atoms with Crippen molar-refractivity contribution in [3.63, 3.8) is 0 Å². The number of nitrogens with one attached hydrogen (secondary N) is 1. The van der Waals surface area contributed by atoms with E-state index < -0.39 is 0 Å². The fourth-order valence-electron chi connectivity index (χ4n) is 1.84. The molecule has 0 aliphatic rings. The van der Waals surface area contributed by atoms with Crippen LogP contribution in [-0.2, 0) is 6.54 Å². The van der Waals surface area contributed by atoms with Gasteiger partial charge in [0.05, 0.1) is 12.8 Å². The molecular weight excluding hydrogens is 265 g/mol. The molecule has 0 fully saturated rings. The van der Waals surface area contributed by atoms with Gasteiger partial charge in [0.1, 0.15) is 11.6 Å². The summed E-state index contributed by atoms with van der Waals surface area (Å²) in [7, 11) is 1.60. The zero-order valence-corrected chi connectivity index (χ0v) is 11.6. The van der Waals surface area contributed by atoms with Crippen LogP contribution in [0.3, 0.4) is 0 Å². The Bertz CT molecular complexity index is 586. The fourth-order valence-corrected chi connectivity index (χ4v) is 2.03. The van der Waals surface area contributed by atoms with Gasteiger partial charge in [0.25, 0.3) is 0 Å². The minimum Gasteiger partial charge on any atom is -0.496 e. The van der Waals surface area contributed by atoms with Gasteiger partial charge < -0.3 is 10.1 Å². The van der Waals surface area contributed by atoms with Gasteiger partial charge in [0, 0.05) is 17.1 Å². The first kappa shape index (κ1) is 13.7. The molecule has 2 rings (SSSR count). The highest BCUT2D eigenvalue weighted by Gasteiger charge is 2.06. The Balaban J connectivity index is 2.16. The maximum Gasteiger partial charge on any atom is 0.146 e. The molecule has 0 amide bonds. The van der Waals surface area contributed by atoms with Gasteiger partial charge in [0.15, 0.2) is 0 Å². The topological polar surface area (TPSA) is 21.3 Å². The van der Waals surface area contributed by atoms with E-state index >= 15 is 0 Å². The maximum atomic E-state index is 13.7. The van der Waals surface area contributed by atoms with Crippen LogP contribution in [-0.4, -0.2) is 7.11 Å². The van der Waals surface area contributed by atoms with Crippen molar-refractivity contribution in [2.24, 2.45) is 0 Å². The number of halogens is 2. The van der Waals surface area contributed by atoms with Crippen LogP contribution in [0.15, 0.2) is 36.4 Å². The molecule has 0 aromatic heterocycles. The van der Waals surface area contributed by atoms with Crippen molar-refractivity contribution in [3.8, 4) is 5.75 Å². The molecule has 0 atom stereocenters. The summed E-state index contributed by atoms with van der Waals surface area (Å²) in [6, 6.07) is 10.4. The SMILES string of the molecule is COc1ccc(Cl)cc1CNc1ccc(C)cc1F. The van der Waals surface area contributed by atoms with Crippen LogP contribution in [0.2, 0.25) is 5.02 Å². The summed E-state index contributed by atoms with van der Waals surface area (Å²) in [5.41, 5.74) is 2.24. The van der Waals surface area contributed by atoms with E-state index in [2.05, 4.69) is 5.32 Å². The van der Waals surface area contributed by atoms with Gasteiger partial charge in [-0.25, -0.2) is 4.39 Å². The van der Waals surface area contributed by atoms with E-state index in [0.29, 0.717) is 17.3 Å². The van der Waals surface area contributed by atoms with Crippen molar-refractivity contribution in [1.82, 2.24) is 0 Å². The van der Waals surface area contributed by atoms with E-state index in [1.54, 1.807) is 31.4 Å². The van der Waals surface area contributed by atoms with E-state index in [0.717, 1.165) is 16.9 Å². The Hall–Kier alpha value is -1.74. The van der Waals surface area contributed by atoms with Gasteiger partial charge in [-0.1, -0.05) is 17.7 Å². The van der Waals surface area contributed by atoms with Crippen molar-refractivity contribution in [3.05, 3.63) is 58.4 Å². The number of anilines is 1. The fraction of sp³-hybridized carbons (Fsp3) is 0.200. The number of aryl methyl sites for hydroxylation is 1. The highest BCUT2D eigenvalue weighted by atomic mass is 35.5. The molecule has 0 heterocycles. The van der Waals surface area contributed by atoms with Crippen LogP contribution in [0.25, 0.3) is 0 Å². The molecule has 2 nitrogen and oxygen atoms in total. The van der Waals surface area contributed by atoms with E-state index in [9.17, 15) is 4.39 Å². The molecule has 0 spiro atoms. The summed E-state index contributed by atoms with van der Waals surface area (Å²) in [6.07, 6.45) is 0. The van der Waals surface area contributed by atoms with Gasteiger partial charge in [-0.2, -0.15) is 0 Å². The summed E-state index contributed by atoms with van der Waals surface area (Å²) in [4.78, 5) is 0. The Kier molecular flexibility index (Phi) is 4.27. The van der Waals surface area contributed by atoms with Crippen LogP contribution >= 0.6 is 11.6 Å². The van der Waals surface area contributed by atoms with Crippen LogP contribution < -0.4 is 10.1 Å². The lowest BCUT2D eigenvalue weighted by Crippen LogP contribution is -2.03. The van der Waals surface area contributed by atoms with E-state index in [1.807, 2.05) is 13.0 Å². The predicted octanol–water partition coefficient (Wildman–Crippen LogP) is 4.41. The molecule has 2 aromatic carbocycles. The molecule has 0 bridgehead atoms. The van der Waals surface area contributed by atoms with E-state index in [4.69, 9.17) is 16.3 Å². The molecule has 0 aliphatic carbocycles. The summed E-state index contributed by atoms with van der Waals surface area (Å²) in [5, 5.41) is 3.67. The second kappa shape index (κ2) is 5.93. The van der Waals surface area contributed by atoms with Crippen molar-refractivity contribution < 1.29 is 9.13 Å². The molecule has 4 heteroatoms. The standard InChI is InChI=1S/C15H15ClFNO/c1-10-3-5-14(13(17)7-10)18-9-11-8-12(16)4-6-15(11)19-2/h3-8,18H,9H2,1-2H3. The van der Waals surface area contributed by atoms with Crippen molar-refractivity contribution in [2.45, 2.75) is 13.5 Å². The minimum absolute atomic E-state index is 0.263. The number of hydrogen-bond acceptors (Lipinski definition) is 2.